The van der Waals surface area contributed by atoms with Crippen molar-refractivity contribution in [3.05, 3.63) is 41.0 Å². The second-order valence-electron chi connectivity index (χ2n) is 5.31. The molecule has 2 heterocycles. The van der Waals surface area contributed by atoms with Crippen LogP contribution in [0.4, 0.5) is 4.39 Å². The summed E-state index contributed by atoms with van der Waals surface area (Å²) in [6.45, 7) is -0.351. The second kappa shape index (κ2) is 5.24. The summed E-state index contributed by atoms with van der Waals surface area (Å²) >= 11 is 5.92. The third kappa shape index (κ3) is 2.59. The smallest absolute Gasteiger partial charge is 0.254 e. The Balaban J connectivity index is 1.96. The van der Waals surface area contributed by atoms with Crippen LogP contribution in [0.1, 0.15) is 16.8 Å². The number of pyridine rings is 1. The first-order valence-electron chi connectivity index (χ1n) is 6.66. The van der Waals surface area contributed by atoms with Crippen molar-refractivity contribution in [2.24, 2.45) is 0 Å². The predicted molar refractivity (Wildman–Crippen MR) is 78.2 cm³/mol. The van der Waals surface area contributed by atoms with Gasteiger partial charge >= 0.3 is 0 Å². The van der Waals surface area contributed by atoms with Crippen LogP contribution in [0.5, 0.6) is 0 Å². The highest BCUT2D eigenvalue weighted by Crippen LogP contribution is 2.28. The van der Waals surface area contributed by atoms with E-state index >= 15 is 0 Å². The first-order valence-corrected chi connectivity index (χ1v) is 7.03. The molecule has 6 heteroatoms. The van der Waals surface area contributed by atoms with Gasteiger partial charge in [0.2, 0.25) is 0 Å². The van der Waals surface area contributed by atoms with Crippen LogP contribution in [0.2, 0.25) is 5.02 Å². The third-order valence-corrected chi connectivity index (χ3v) is 4.04. The van der Waals surface area contributed by atoms with Gasteiger partial charge in [0.15, 0.2) is 5.67 Å². The minimum Gasteiger partial charge on any atom is -0.393 e. The van der Waals surface area contributed by atoms with E-state index in [0.717, 1.165) is 0 Å². The van der Waals surface area contributed by atoms with Crippen LogP contribution in [0.3, 0.4) is 0 Å². The second-order valence-corrected chi connectivity index (χ2v) is 5.74. The zero-order valence-corrected chi connectivity index (χ0v) is 12.0. The number of aromatic nitrogens is 1. The van der Waals surface area contributed by atoms with E-state index < -0.39 is 12.3 Å². The quantitative estimate of drug-likeness (QED) is 0.927. The Hall–Kier alpha value is -1.72. The summed E-state index contributed by atoms with van der Waals surface area (Å²) in [4.78, 5) is 18.2. The number of aliphatic hydroxyl groups excluding tert-OH is 1. The highest BCUT2D eigenvalue weighted by Gasteiger charge is 2.40. The summed E-state index contributed by atoms with van der Waals surface area (Å²) in [7, 11) is 0. The van der Waals surface area contributed by atoms with Crippen molar-refractivity contribution < 1.29 is 14.3 Å². The van der Waals surface area contributed by atoms with E-state index in [0.29, 0.717) is 28.0 Å². The fraction of sp³-hybridized carbons (Fsp3) is 0.333. The van der Waals surface area contributed by atoms with E-state index in [4.69, 9.17) is 16.7 Å². The van der Waals surface area contributed by atoms with Gasteiger partial charge in [-0.1, -0.05) is 17.7 Å². The van der Waals surface area contributed by atoms with Crippen LogP contribution >= 0.6 is 11.6 Å². The molecule has 1 atom stereocenters. The van der Waals surface area contributed by atoms with E-state index in [-0.39, 0.29) is 18.9 Å². The van der Waals surface area contributed by atoms with Gasteiger partial charge in [0.1, 0.15) is 0 Å². The Morgan fingerprint density at radius 3 is 3.00 bits per heavy atom. The van der Waals surface area contributed by atoms with E-state index in [1.54, 1.807) is 24.3 Å². The van der Waals surface area contributed by atoms with Crippen molar-refractivity contribution in [3.8, 4) is 0 Å². The number of benzene rings is 1. The molecule has 1 N–H and O–H groups in total. The van der Waals surface area contributed by atoms with E-state index in [2.05, 4.69) is 4.98 Å². The third-order valence-electron chi connectivity index (χ3n) is 3.81. The average molecular weight is 309 g/mol. The minimum atomic E-state index is -1.69. The molecular formula is C15H14ClFN2O2. The molecule has 1 aromatic carbocycles. The highest BCUT2D eigenvalue weighted by molar-refractivity contribution is 6.31. The summed E-state index contributed by atoms with van der Waals surface area (Å²) in [5.41, 5.74) is -0.595. The van der Waals surface area contributed by atoms with E-state index in [1.165, 1.54) is 11.1 Å². The molecule has 21 heavy (non-hydrogen) atoms. The lowest BCUT2D eigenvalue weighted by molar-refractivity contribution is 0.0632. The SMILES string of the molecule is O=C(c1ccnc2cc(Cl)ccc12)N1CCC(F)(CO)C1. The monoisotopic (exact) mass is 308 g/mol. The largest absolute Gasteiger partial charge is 0.393 e. The molecule has 1 aliphatic heterocycles. The van der Waals surface area contributed by atoms with Crippen LogP contribution in [0.15, 0.2) is 30.5 Å². The zero-order valence-electron chi connectivity index (χ0n) is 11.2. The number of rotatable bonds is 2. The van der Waals surface area contributed by atoms with Crippen LogP contribution < -0.4 is 0 Å². The standard InChI is InChI=1S/C15H14ClFN2O2/c16-10-1-2-11-12(3-5-18-13(11)7-10)14(21)19-6-4-15(17,8-19)9-20/h1-3,5,7,20H,4,6,8-9H2. The molecule has 4 nitrogen and oxygen atoms in total. The normalized spacial score (nSPS) is 22.0. The van der Waals surface area contributed by atoms with E-state index in [1.807, 2.05) is 0 Å². The van der Waals surface area contributed by atoms with Crippen LogP contribution in [0.25, 0.3) is 10.9 Å². The number of likely N-dealkylation sites (tertiary alicyclic amines) is 1. The van der Waals surface area contributed by atoms with Gasteiger partial charge in [-0.2, -0.15) is 0 Å². The number of halogens is 2. The van der Waals surface area contributed by atoms with Crippen molar-refractivity contribution in [2.45, 2.75) is 12.1 Å². The van der Waals surface area contributed by atoms with Crippen molar-refractivity contribution in [1.82, 2.24) is 9.88 Å². The van der Waals surface area contributed by atoms with Gasteiger partial charge in [-0.05, 0) is 18.2 Å². The lowest BCUT2D eigenvalue weighted by Crippen LogP contribution is -2.35. The molecule has 1 aromatic heterocycles. The molecule has 3 rings (SSSR count). The number of hydrogen-bond donors (Lipinski definition) is 1. The average Bonchev–Trinajstić information content (AvgIpc) is 2.89. The topological polar surface area (TPSA) is 53.4 Å². The Labute approximate surface area is 126 Å². The molecule has 1 aliphatic rings. The first kappa shape index (κ1) is 14.2. The Morgan fingerprint density at radius 2 is 2.29 bits per heavy atom. The first-order chi connectivity index (χ1) is 10.0. The molecule has 1 saturated heterocycles. The zero-order chi connectivity index (χ0) is 15.0. The van der Waals surface area contributed by atoms with Gasteiger partial charge in [0, 0.05) is 29.6 Å². The molecule has 1 amide bonds. The number of carbonyl (C=O) groups is 1. The maximum absolute atomic E-state index is 14.1. The molecule has 0 bridgehead atoms. The molecule has 0 radical (unpaired) electrons. The van der Waals surface area contributed by atoms with Crippen molar-refractivity contribution in [3.63, 3.8) is 0 Å². The lowest BCUT2D eigenvalue weighted by atomic mass is 10.1. The summed E-state index contributed by atoms with van der Waals surface area (Å²) < 4.78 is 14.1. The van der Waals surface area contributed by atoms with Gasteiger partial charge in [-0.15, -0.1) is 0 Å². The number of amides is 1. The van der Waals surface area contributed by atoms with Gasteiger partial charge in [-0.3, -0.25) is 9.78 Å². The van der Waals surface area contributed by atoms with Gasteiger partial charge in [-0.25, -0.2) is 4.39 Å². The van der Waals surface area contributed by atoms with E-state index in [9.17, 15) is 9.18 Å². The number of alkyl halides is 1. The van der Waals surface area contributed by atoms with Gasteiger partial charge in [0.05, 0.1) is 24.2 Å². The fourth-order valence-electron chi connectivity index (χ4n) is 2.62. The van der Waals surface area contributed by atoms with Gasteiger partial charge < -0.3 is 10.0 Å². The lowest BCUT2D eigenvalue weighted by Gasteiger charge is -2.19. The van der Waals surface area contributed by atoms with Crippen molar-refractivity contribution in [1.29, 1.82) is 0 Å². The fourth-order valence-corrected chi connectivity index (χ4v) is 2.78. The molecule has 0 aliphatic carbocycles. The number of hydrogen-bond acceptors (Lipinski definition) is 3. The number of carbonyl (C=O) groups excluding carboxylic acids is 1. The summed E-state index contributed by atoms with van der Waals surface area (Å²) in [6, 6.07) is 6.74. The van der Waals surface area contributed by atoms with Crippen molar-refractivity contribution >= 4 is 28.4 Å². The predicted octanol–water partition coefficient (Wildman–Crippen LogP) is 2.43. The Morgan fingerprint density at radius 1 is 1.48 bits per heavy atom. The summed E-state index contributed by atoms with van der Waals surface area (Å²) in [5.74, 6) is -0.252. The summed E-state index contributed by atoms with van der Waals surface area (Å²) in [5, 5.41) is 10.3. The van der Waals surface area contributed by atoms with Crippen LogP contribution in [-0.4, -0.2) is 46.3 Å². The van der Waals surface area contributed by atoms with Crippen LogP contribution in [-0.2, 0) is 0 Å². The highest BCUT2D eigenvalue weighted by atomic mass is 35.5. The van der Waals surface area contributed by atoms with Crippen molar-refractivity contribution in [2.75, 3.05) is 19.7 Å². The Bertz CT molecular complexity index is 709. The number of fused-ring (bicyclic) bond motifs is 1. The molecular weight excluding hydrogens is 295 g/mol. The minimum absolute atomic E-state index is 0.0836. The molecule has 110 valence electrons. The molecule has 1 unspecified atom stereocenters. The Kier molecular flexibility index (Phi) is 3.55. The maximum Gasteiger partial charge on any atom is 0.254 e. The molecule has 1 fully saturated rings. The number of aliphatic hydroxyl groups is 1. The van der Waals surface area contributed by atoms with Gasteiger partial charge in [0.25, 0.3) is 5.91 Å². The number of nitrogens with zero attached hydrogens (tertiary/aromatic N) is 2. The molecule has 0 saturated carbocycles. The molecule has 0 spiro atoms. The van der Waals surface area contributed by atoms with Crippen LogP contribution in [0, 0.1) is 0 Å². The summed E-state index contributed by atoms with van der Waals surface area (Å²) in [6.07, 6.45) is 1.70. The molecule has 2 aromatic rings. The maximum atomic E-state index is 14.1.